The van der Waals surface area contributed by atoms with Crippen molar-refractivity contribution >= 4 is 67.2 Å². The molecule has 0 aliphatic rings. The molecule has 0 atom stereocenters. The third-order valence-electron chi connectivity index (χ3n) is 2.63. The van der Waals surface area contributed by atoms with Crippen LogP contribution in [0.5, 0.6) is 5.75 Å². The fraction of sp³-hybridized carbons (Fsp3) is 0.0667. The van der Waals surface area contributed by atoms with Crippen LogP contribution >= 0.6 is 55.1 Å². The first-order chi connectivity index (χ1) is 11.0. The summed E-state index contributed by atoms with van der Waals surface area (Å²) >= 11 is 18.6. The second-order valence-electron chi connectivity index (χ2n) is 4.30. The van der Waals surface area contributed by atoms with Gasteiger partial charge < -0.3 is 4.74 Å². The number of carbonyl (C=O) groups excluding carboxylic acids is 1. The minimum Gasteiger partial charge on any atom is -0.483 e. The molecule has 0 spiro atoms. The molecule has 2 aromatic carbocycles. The summed E-state index contributed by atoms with van der Waals surface area (Å²) in [5.74, 6) is 0.166. The van der Waals surface area contributed by atoms with Gasteiger partial charge in [-0.25, -0.2) is 5.43 Å². The van der Waals surface area contributed by atoms with Gasteiger partial charge in [0.2, 0.25) is 0 Å². The SMILES string of the molecule is O=C(COc1ccc(Br)cc1Br)N/N=C/c1cccc(Cl)c1Cl. The van der Waals surface area contributed by atoms with Gasteiger partial charge in [-0.2, -0.15) is 5.10 Å². The maximum atomic E-state index is 11.7. The average Bonchev–Trinajstić information content (AvgIpc) is 2.50. The third-order valence-corrected chi connectivity index (χ3v) is 4.57. The maximum absolute atomic E-state index is 11.7. The standard InChI is InChI=1S/C15H10Br2Cl2N2O2/c16-10-4-5-13(11(17)6-10)23-8-14(22)21-20-7-9-2-1-3-12(18)15(9)19/h1-7H,8H2,(H,21,22)/b20-7+. The van der Waals surface area contributed by atoms with Crippen LogP contribution in [0.1, 0.15) is 5.56 Å². The van der Waals surface area contributed by atoms with E-state index in [1.807, 2.05) is 12.1 Å². The maximum Gasteiger partial charge on any atom is 0.277 e. The highest BCUT2D eigenvalue weighted by atomic mass is 79.9. The molecule has 0 saturated carbocycles. The number of hydrogen-bond donors (Lipinski definition) is 1. The van der Waals surface area contributed by atoms with Gasteiger partial charge in [0, 0.05) is 10.0 Å². The lowest BCUT2D eigenvalue weighted by atomic mass is 10.2. The van der Waals surface area contributed by atoms with Crippen LogP contribution in [0.2, 0.25) is 10.0 Å². The van der Waals surface area contributed by atoms with Gasteiger partial charge in [0.25, 0.3) is 5.91 Å². The zero-order chi connectivity index (χ0) is 16.8. The van der Waals surface area contributed by atoms with E-state index in [2.05, 4.69) is 42.4 Å². The quantitative estimate of drug-likeness (QED) is 0.481. The Hall–Kier alpha value is -1.08. The molecule has 4 nitrogen and oxygen atoms in total. The molecule has 0 unspecified atom stereocenters. The second-order valence-corrected chi connectivity index (χ2v) is 6.85. The number of nitrogens with one attached hydrogen (secondary N) is 1. The normalized spacial score (nSPS) is 10.8. The highest BCUT2D eigenvalue weighted by Crippen LogP contribution is 2.28. The highest BCUT2D eigenvalue weighted by molar-refractivity contribution is 9.11. The van der Waals surface area contributed by atoms with Crippen LogP contribution in [-0.4, -0.2) is 18.7 Å². The van der Waals surface area contributed by atoms with Crippen molar-refractivity contribution in [1.82, 2.24) is 5.43 Å². The van der Waals surface area contributed by atoms with Crippen LogP contribution < -0.4 is 10.2 Å². The molecule has 23 heavy (non-hydrogen) atoms. The van der Waals surface area contributed by atoms with Gasteiger partial charge in [-0.3, -0.25) is 4.79 Å². The Morgan fingerprint density at radius 3 is 2.78 bits per heavy atom. The van der Waals surface area contributed by atoms with Crippen molar-refractivity contribution in [2.75, 3.05) is 6.61 Å². The molecule has 2 rings (SSSR count). The molecule has 0 heterocycles. The lowest BCUT2D eigenvalue weighted by Gasteiger charge is -2.07. The molecule has 8 heteroatoms. The van der Waals surface area contributed by atoms with Crippen LogP contribution in [0.3, 0.4) is 0 Å². The fourth-order valence-electron chi connectivity index (χ4n) is 1.56. The lowest BCUT2D eigenvalue weighted by Crippen LogP contribution is -2.24. The molecule has 0 saturated heterocycles. The molecule has 0 aliphatic carbocycles. The van der Waals surface area contributed by atoms with E-state index in [4.69, 9.17) is 27.9 Å². The van der Waals surface area contributed by atoms with Crippen LogP contribution in [-0.2, 0) is 4.79 Å². The van der Waals surface area contributed by atoms with Gasteiger partial charge in [0.05, 0.1) is 20.7 Å². The summed E-state index contributed by atoms with van der Waals surface area (Å²) in [5.41, 5.74) is 2.97. The Bertz CT molecular complexity index is 754. The molecule has 2 aromatic rings. The first-order valence-corrected chi connectivity index (χ1v) is 8.65. The van der Waals surface area contributed by atoms with E-state index < -0.39 is 5.91 Å². The number of halogens is 4. The third kappa shape index (κ3) is 5.49. The fourth-order valence-corrected chi connectivity index (χ4v) is 3.08. The van der Waals surface area contributed by atoms with E-state index in [1.54, 1.807) is 24.3 Å². The van der Waals surface area contributed by atoms with Crippen LogP contribution in [0.25, 0.3) is 0 Å². The molecule has 0 aromatic heterocycles. The van der Waals surface area contributed by atoms with Crippen molar-refractivity contribution in [2.45, 2.75) is 0 Å². The molecule has 120 valence electrons. The van der Waals surface area contributed by atoms with E-state index in [0.29, 0.717) is 21.4 Å². The summed E-state index contributed by atoms with van der Waals surface area (Å²) in [4.78, 5) is 11.7. The smallest absolute Gasteiger partial charge is 0.277 e. The largest absolute Gasteiger partial charge is 0.483 e. The van der Waals surface area contributed by atoms with Crippen molar-refractivity contribution in [3.8, 4) is 5.75 Å². The van der Waals surface area contributed by atoms with E-state index in [0.717, 1.165) is 8.95 Å². The zero-order valence-corrected chi connectivity index (χ0v) is 16.2. The van der Waals surface area contributed by atoms with Crippen LogP contribution in [0.4, 0.5) is 0 Å². The van der Waals surface area contributed by atoms with Crippen LogP contribution in [0.15, 0.2) is 50.4 Å². The van der Waals surface area contributed by atoms with Gasteiger partial charge in [-0.1, -0.05) is 51.3 Å². The Morgan fingerprint density at radius 1 is 1.26 bits per heavy atom. The molecule has 0 radical (unpaired) electrons. The summed E-state index contributed by atoms with van der Waals surface area (Å²) in [5, 5.41) is 4.62. The summed E-state index contributed by atoms with van der Waals surface area (Å²) in [6.45, 7) is -0.166. The number of nitrogens with zero attached hydrogens (tertiary/aromatic N) is 1. The number of hydrazone groups is 1. The molecule has 0 bridgehead atoms. The summed E-state index contributed by atoms with van der Waals surface area (Å²) in [6, 6.07) is 10.5. The van der Waals surface area contributed by atoms with E-state index in [9.17, 15) is 4.79 Å². The minimum atomic E-state index is -0.394. The number of rotatable bonds is 5. The van der Waals surface area contributed by atoms with Gasteiger partial charge in [-0.05, 0) is 40.2 Å². The Labute approximate surface area is 160 Å². The van der Waals surface area contributed by atoms with Crippen LogP contribution in [0, 0.1) is 0 Å². The highest BCUT2D eigenvalue weighted by Gasteiger charge is 2.06. The van der Waals surface area contributed by atoms with Crippen molar-refractivity contribution in [2.24, 2.45) is 5.10 Å². The minimum absolute atomic E-state index is 0.166. The molecular formula is C15H10Br2Cl2N2O2. The van der Waals surface area contributed by atoms with E-state index in [1.165, 1.54) is 6.21 Å². The van der Waals surface area contributed by atoms with Gasteiger partial charge in [0.15, 0.2) is 6.61 Å². The van der Waals surface area contributed by atoms with E-state index in [-0.39, 0.29) is 6.61 Å². The summed E-state index contributed by atoms with van der Waals surface area (Å²) < 4.78 is 7.05. The predicted molar refractivity (Wildman–Crippen MR) is 99.5 cm³/mol. The van der Waals surface area contributed by atoms with E-state index >= 15 is 0 Å². The number of benzene rings is 2. The van der Waals surface area contributed by atoms with Crippen molar-refractivity contribution in [3.05, 3.63) is 61.0 Å². The van der Waals surface area contributed by atoms with Gasteiger partial charge in [-0.15, -0.1) is 0 Å². The summed E-state index contributed by atoms with van der Waals surface area (Å²) in [6.07, 6.45) is 1.42. The molecule has 1 N–H and O–H groups in total. The monoisotopic (exact) mass is 478 g/mol. The lowest BCUT2D eigenvalue weighted by molar-refractivity contribution is -0.123. The van der Waals surface area contributed by atoms with Crippen molar-refractivity contribution in [1.29, 1.82) is 0 Å². The predicted octanol–water partition coefficient (Wildman–Crippen LogP) is 5.05. The topological polar surface area (TPSA) is 50.7 Å². The molecule has 0 fully saturated rings. The van der Waals surface area contributed by atoms with Crippen molar-refractivity contribution < 1.29 is 9.53 Å². The molecule has 0 aliphatic heterocycles. The van der Waals surface area contributed by atoms with Gasteiger partial charge in [0.1, 0.15) is 5.75 Å². The molecule has 1 amide bonds. The Morgan fingerprint density at radius 2 is 2.04 bits per heavy atom. The number of amides is 1. The first-order valence-electron chi connectivity index (χ1n) is 6.31. The number of hydrogen-bond acceptors (Lipinski definition) is 3. The average molecular weight is 481 g/mol. The first kappa shape index (κ1) is 18.3. The number of carbonyl (C=O) groups is 1. The molecular weight excluding hydrogens is 471 g/mol. The Balaban J connectivity index is 1.87. The number of ether oxygens (including phenoxy) is 1. The Kier molecular flexibility index (Phi) is 6.89. The summed E-state index contributed by atoms with van der Waals surface area (Å²) in [7, 11) is 0. The zero-order valence-electron chi connectivity index (χ0n) is 11.5. The van der Waals surface area contributed by atoms with Crippen molar-refractivity contribution in [3.63, 3.8) is 0 Å². The second kappa shape index (κ2) is 8.68. The van der Waals surface area contributed by atoms with Gasteiger partial charge >= 0.3 is 0 Å².